The smallest absolute Gasteiger partial charge is 0.131 e. The summed E-state index contributed by atoms with van der Waals surface area (Å²) in [5, 5.41) is 0. The molecule has 0 saturated carbocycles. The average molecular weight is 290 g/mol. The largest absolute Gasteiger partial charge is 0.206 e. The number of benzene rings is 3. The molecule has 21 heavy (non-hydrogen) atoms. The van der Waals surface area contributed by atoms with E-state index in [1.807, 2.05) is 36.4 Å². The maximum absolute atomic E-state index is 14.4. The van der Waals surface area contributed by atoms with Crippen LogP contribution in [0, 0.1) is 5.82 Å². The lowest BCUT2D eigenvalue weighted by atomic mass is 9.92. The van der Waals surface area contributed by atoms with Crippen LogP contribution in [0.5, 0.6) is 0 Å². The van der Waals surface area contributed by atoms with Crippen molar-refractivity contribution in [2.75, 3.05) is 0 Å². The van der Waals surface area contributed by atoms with Crippen LogP contribution >= 0.6 is 12.6 Å². The second-order valence-electron chi connectivity index (χ2n) is 4.83. The van der Waals surface area contributed by atoms with Crippen molar-refractivity contribution in [3.8, 4) is 22.3 Å². The lowest BCUT2D eigenvalue weighted by Crippen LogP contribution is -2.03. The molecule has 0 amide bonds. The molecule has 0 bridgehead atoms. The van der Waals surface area contributed by atoms with Gasteiger partial charge < -0.3 is 0 Å². The van der Waals surface area contributed by atoms with E-state index in [0.717, 1.165) is 16.7 Å². The molecule has 3 heteroatoms. The van der Waals surface area contributed by atoms with Crippen molar-refractivity contribution in [2.45, 2.75) is 4.90 Å². The zero-order valence-electron chi connectivity index (χ0n) is 11.3. The van der Waals surface area contributed by atoms with E-state index in [1.165, 1.54) is 0 Å². The summed E-state index contributed by atoms with van der Waals surface area (Å²) in [5.41, 5.74) is 3.76. The summed E-state index contributed by atoms with van der Waals surface area (Å²) < 4.78 is 14.4. The Balaban J connectivity index is 2.04. The maximum Gasteiger partial charge on any atom is 0.131 e. The summed E-state index contributed by atoms with van der Waals surface area (Å²) in [6.07, 6.45) is 0. The van der Waals surface area contributed by atoms with Gasteiger partial charge >= 0.3 is 0 Å². The van der Waals surface area contributed by atoms with E-state index in [4.69, 9.17) is 7.85 Å². The number of hydrogen-bond acceptors (Lipinski definition) is 1. The SMILES string of the molecule is [B]c1ccc(-c2ccc(-c3ccccc3)cc2F)cc1S. The highest BCUT2D eigenvalue weighted by molar-refractivity contribution is 7.80. The Morgan fingerprint density at radius 3 is 2.14 bits per heavy atom. The minimum absolute atomic E-state index is 0.256. The van der Waals surface area contributed by atoms with Crippen molar-refractivity contribution < 1.29 is 4.39 Å². The second kappa shape index (κ2) is 5.78. The van der Waals surface area contributed by atoms with Gasteiger partial charge in [0.25, 0.3) is 0 Å². The first-order valence-corrected chi connectivity index (χ1v) is 7.04. The van der Waals surface area contributed by atoms with Gasteiger partial charge in [0, 0.05) is 5.56 Å². The van der Waals surface area contributed by atoms with Crippen LogP contribution in [-0.2, 0) is 0 Å². The summed E-state index contributed by atoms with van der Waals surface area (Å²) in [7, 11) is 5.73. The highest BCUT2D eigenvalue weighted by Crippen LogP contribution is 2.28. The summed E-state index contributed by atoms with van der Waals surface area (Å²) >= 11 is 4.28. The van der Waals surface area contributed by atoms with Crippen LogP contribution in [-0.4, -0.2) is 7.85 Å². The highest BCUT2D eigenvalue weighted by Gasteiger charge is 2.08. The zero-order chi connectivity index (χ0) is 14.8. The molecule has 0 aromatic heterocycles. The number of halogens is 1. The van der Waals surface area contributed by atoms with Gasteiger partial charge in [0.2, 0.25) is 0 Å². The molecule has 0 heterocycles. The van der Waals surface area contributed by atoms with Crippen LogP contribution in [0.4, 0.5) is 4.39 Å². The molecule has 0 atom stereocenters. The molecule has 3 aromatic carbocycles. The molecule has 0 aliphatic heterocycles. The van der Waals surface area contributed by atoms with E-state index in [2.05, 4.69) is 12.6 Å². The molecule has 0 nitrogen and oxygen atoms in total. The van der Waals surface area contributed by atoms with Crippen molar-refractivity contribution in [2.24, 2.45) is 0 Å². The summed E-state index contributed by atoms with van der Waals surface area (Å²) in [4.78, 5) is 0.652. The van der Waals surface area contributed by atoms with Crippen LogP contribution in [0.25, 0.3) is 22.3 Å². The summed E-state index contributed by atoms with van der Waals surface area (Å²) in [5.74, 6) is -0.256. The number of hydrogen-bond donors (Lipinski definition) is 1. The molecule has 0 aliphatic rings. The highest BCUT2D eigenvalue weighted by atomic mass is 32.1. The third-order valence-corrected chi connectivity index (χ3v) is 3.80. The topological polar surface area (TPSA) is 0 Å². The minimum atomic E-state index is -0.256. The van der Waals surface area contributed by atoms with Gasteiger partial charge in [0.15, 0.2) is 0 Å². The minimum Gasteiger partial charge on any atom is -0.206 e. The van der Waals surface area contributed by atoms with Crippen LogP contribution in [0.15, 0.2) is 71.6 Å². The fraction of sp³-hybridized carbons (Fsp3) is 0. The summed E-state index contributed by atoms with van der Waals surface area (Å²) in [6, 6.07) is 20.3. The van der Waals surface area contributed by atoms with Crippen molar-refractivity contribution in [1.82, 2.24) is 0 Å². The second-order valence-corrected chi connectivity index (χ2v) is 5.32. The predicted octanol–water partition coefficient (Wildman–Crippen LogP) is 4.24. The Labute approximate surface area is 130 Å². The van der Waals surface area contributed by atoms with Gasteiger partial charge in [-0.1, -0.05) is 60.1 Å². The van der Waals surface area contributed by atoms with Crippen molar-refractivity contribution in [3.05, 3.63) is 72.5 Å². The van der Waals surface area contributed by atoms with E-state index in [-0.39, 0.29) is 5.82 Å². The molecule has 0 unspecified atom stereocenters. The van der Waals surface area contributed by atoms with Gasteiger partial charge in [-0.05, 0) is 33.7 Å². The molecular formula is C18H12BFS. The Bertz CT molecular complexity index is 784. The normalized spacial score (nSPS) is 10.6. The third kappa shape index (κ3) is 2.88. The lowest BCUT2D eigenvalue weighted by Gasteiger charge is -2.09. The molecule has 0 saturated heterocycles. The Hall–Kier alpha value is -2.00. The van der Waals surface area contributed by atoms with Crippen molar-refractivity contribution >= 4 is 25.9 Å². The van der Waals surface area contributed by atoms with E-state index >= 15 is 0 Å². The number of thiol groups is 1. The Morgan fingerprint density at radius 2 is 1.48 bits per heavy atom. The van der Waals surface area contributed by atoms with Gasteiger partial charge in [-0.2, -0.15) is 0 Å². The Morgan fingerprint density at radius 1 is 0.762 bits per heavy atom. The van der Waals surface area contributed by atoms with Gasteiger partial charge in [-0.25, -0.2) is 4.39 Å². The van der Waals surface area contributed by atoms with Crippen molar-refractivity contribution in [3.63, 3.8) is 0 Å². The monoisotopic (exact) mass is 290 g/mol. The zero-order valence-corrected chi connectivity index (χ0v) is 12.1. The van der Waals surface area contributed by atoms with E-state index in [9.17, 15) is 4.39 Å². The van der Waals surface area contributed by atoms with Gasteiger partial charge in [-0.15, -0.1) is 12.6 Å². The molecular weight excluding hydrogens is 278 g/mol. The molecule has 3 rings (SSSR count). The van der Waals surface area contributed by atoms with Crippen LogP contribution in [0.1, 0.15) is 0 Å². The average Bonchev–Trinajstić information content (AvgIpc) is 2.51. The van der Waals surface area contributed by atoms with Crippen molar-refractivity contribution in [1.29, 1.82) is 0 Å². The first-order valence-electron chi connectivity index (χ1n) is 6.59. The maximum atomic E-state index is 14.4. The standard InChI is InChI=1S/C18H12BFS/c19-16-9-7-14(11-18(16)21)15-8-6-13(10-17(15)20)12-4-2-1-3-5-12/h1-11,21H. The first kappa shape index (κ1) is 14.0. The molecule has 3 aromatic rings. The Kier molecular flexibility index (Phi) is 3.85. The van der Waals surface area contributed by atoms with Gasteiger partial charge in [0.1, 0.15) is 13.7 Å². The van der Waals surface area contributed by atoms with E-state index < -0.39 is 0 Å². The van der Waals surface area contributed by atoms with Gasteiger partial charge in [-0.3, -0.25) is 0 Å². The molecule has 0 aliphatic carbocycles. The summed E-state index contributed by atoms with van der Waals surface area (Å²) in [6.45, 7) is 0. The number of rotatable bonds is 2. The molecule has 0 N–H and O–H groups in total. The fourth-order valence-corrected chi connectivity index (χ4v) is 2.48. The van der Waals surface area contributed by atoms with Gasteiger partial charge in [0.05, 0.1) is 0 Å². The molecule has 0 fully saturated rings. The fourth-order valence-electron chi connectivity index (χ4n) is 2.27. The molecule has 0 spiro atoms. The quantitative estimate of drug-likeness (QED) is 0.529. The van der Waals surface area contributed by atoms with Crippen LogP contribution in [0.2, 0.25) is 0 Å². The predicted molar refractivity (Wildman–Crippen MR) is 89.9 cm³/mol. The van der Waals surface area contributed by atoms with E-state index in [1.54, 1.807) is 30.3 Å². The molecule has 100 valence electrons. The third-order valence-electron chi connectivity index (χ3n) is 3.42. The van der Waals surface area contributed by atoms with Crippen LogP contribution in [0.3, 0.4) is 0 Å². The lowest BCUT2D eigenvalue weighted by molar-refractivity contribution is 0.632. The first-order chi connectivity index (χ1) is 10.1. The van der Waals surface area contributed by atoms with Crippen LogP contribution < -0.4 is 5.46 Å². The molecule has 2 radical (unpaired) electrons. The van der Waals surface area contributed by atoms with E-state index in [0.29, 0.717) is 15.9 Å².